The van der Waals surface area contributed by atoms with Gasteiger partial charge in [-0.1, -0.05) is 11.2 Å². The van der Waals surface area contributed by atoms with E-state index in [1.165, 1.54) is 0 Å². The van der Waals surface area contributed by atoms with Gasteiger partial charge in [0.05, 0.1) is 0 Å². The Morgan fingerprint density at radius 3 is 3.09 bits per heavy atom. The van der Waals surface area contributed by atoms with Gasteiger partial charge in [0.15, 0.2) is 5.82 Å². The van der Waals surface area contributed by atoms with Crippen molar-refractivity contribution in [2.24, 2.45) is 0 Å². The van der Waals surface area contributed by atoms with E-state index in [4.69, 9.17) is 4.52 Å². The van der Waals surface area contributed by atoms with Gasteiger partial charge in [0.25, 0.3) is 5.91 Å². The predicted molar refractivity (Wildman–Crippen MR) is 85.6 cm³/mol. The lowest BCUT2D eigenvalue weighted by atomic mass is 9.97. The first-order chi connectivity index (χ1) is 10.2. The number of carbonyl (C=O) groups is 1. The Labute approximate surface area is 135 Å². The van der Waals surface area contributed by atoms with E-state index in [1.807, 2.05) is 18.2 Å². The van der Waals surface area contributed by atoms with Crippen molar-refractivity contribution in [1.29, 1.82) is 0 Å². The number of hydrogen-bond acceptors (Lipinski definition) is 5. The van der Waals surface area contributed by atoms with Gasteiger partial charge < -0.3 is 15.2 Å². The largest absolute Gasteiger partial charge is 0.385 e. The molecule has 1 amide bonds. The highest BCUT2D eigenvalue weighted by Gasteiger charge is 2.17. The maximum Gasteiger partial charge on any atom is 0.251 e. The molecule has 2 heterocycles. The van der Waals surface area contributed by atoms with Crippen LogP contribution in [0, 0.1) is 6.92 Å². The molecular weight excluding hydrogens is 304 g/mol. The molecular formula is C15H19ClN4O2. The third-order valence-electron chi connectivity index (χ3n) is 3.53. The molecule has 2 N–H and O–H groups in total. The SMILES string of the molecule is Cc1noc(CCNC(=O)c2cccc3c2CCCN3)n1.Cl. The molecule has 0 atom stereocenters. The van der Waals surface area contributed by atoms with Gasteiger partial charge in [0.2, 0.25) is 5.89 Å². The third-order valence-corrected chi connectivity index (χ3v) is 3.53. The molecule has 1 aliphatic heterocycles. The van der Waals surface area contributed by atoms with Crippen molar-refractivity contribution >= 4 is 24.0 Å². The summed E-state index contributed by atoms with van der Waals surface area (Å²) in [4.78, 5) is 16.4. The molecule has 6 nitrogen and oxygen atoms in total. The number of halogens is 1. The molecule has 7 heteroatoms. The number of aryl methyl sites for hydroxylation is 1. The maximum absolute atomic E-state index is 12.3. The topological polar surface area (TPSA) is 80.0 Å². The molecule has 1 aromatic carbocycles. The molecule has 0 spiro atoms. The fraction of sp³-hybridized carbons (Fsp3) is 0.400. The van der Waals surface area contributed by atoms with Crippen LogP contribution in [0.2, 0.25) is 0 Å². The normalized spacial score (nSPS) is 12.8. The van der Waals surface area contributed by atoms with Crippen molar-refractivity contribution in [3.8, 4) is 0 Å². The zero-order valence-corrected chi connectivity index (χ0v) is 13.2. The lowest BCUT2D eigenvalue weighted by Crippen LogP contribution is -2.28. The molecule has 0 unspecified atom stereocenters. The molecule has 0 fully saturated rings. The van der Waals surface area contributed by atoms with Crippen molar-refractivity contribution in [2.45, 2.75) is 26.2 Å². The first-order valence-electron chi connectivity index (χ1n) is 7.17. The lowest BCUT2D eigenvalue weighted by molar-refractivity contribution is 0.0952. The van der Waals surface area contributed by atoms with E-state index in [2.05, 4.69) is 20.8 Å². The second kappa shape index (κ2) is 7.26. The third kappa shape index (κ3) is 3.57. The standard InChI is InChI=1S/C15H18N4O2.ClH/c1-10-18-14(21-19-10)7-9-17-15(20)12-4-2-6-13-11(12)5-3-8-16-13;/h2,4,6,16H,3,5,7-9H2,1H3,(H,17,20);1H. The summed E-state index contributed by atoms with van der Waals surface area (Å²) in [5.41, 5.74) is 2.93. The van der Waals surface area contributed by atoms with Gasteiger partial charge in [-0.05, 0) is 37.5 Å². The number of anilines is 1. The van der Waals surface area contributed by atoms with E-state index in [9.17, 15) is 4.79 Å². The molecule has 0 saturated heterocycles. The van der Waals surface area contributed by atoms with Crippen LogP contribution in [0.3, 0.4) is 0 Å². The summed E-state index contributed by atoms with van der Waals surface area (Å²) in [6.07, 6.45) is 2.53. The van der Waals surface area contributed by atoms with Crippen LogP contribution in [0.15, 0.2) is 22.7 Å². The number of nitrogens with zero attached hydrogens (tertiary/aromatic N) is 2. The predicted octanol–water partition coefficient (Wildman–Crippen LogP) is 2.13. The first-order valence-corrected chi connectivity index (χ1v) is 7.17. The van der Waals surface area contributed by atoms with Crippen LogP contribution in [0.4, 0.5) is 5.69 Å². The maximum atomic E-state index is 12.3. The van der Waals surface area contributed by atoms with E-state index in [-0.39, 0.29) is 18.3 Å². The van der Waals surface area contributed by atoms with Crippen LogP contribution in [0.25, 0.3) is 0 Å². The minimum absolute atomic E-state index is 0. The molecule has 1 aromatic heterocycles. The van der Waals surface area contributed by atoms with E-state index >= 15 is 0 Å². The van der Waals surface area contributed by atoms with E-state index in [1.54, 1.807) is 6.92 Å². The summed E-state index contributed by atoms with van der Waals surface area (Å²) < 4.78 is 5.02. The Balaban J connectivity index is 0.00000176. The van der Waals surface area contributed by atoms with Crippen molar-refractivity contribution in [3.63, 3.8) is 0 Å². The van der Waals surface area contributed by atoms with Gasteiger partial charge in [-0.2, -0.15) is 4.98 Å². The van der Waals surface area contributed by atoms with Crippen molar-refractivity contribution in [3.05, 3.63) is 41.0 Å². The summed E-state index contributed by atoms with van der Waals surface area (Å²) in [5.74, 6) is 1.11. The van der Waals surface area contributed by atoms with Crippen molar-refractivity contribution in [2.75, 3.05) is 18.4 Å². The molecule has 118 valence electrons. The Bertz CT molecular complexity index is 657. The van der Waals surface area contributed by atoms with Crippen molar-refractivity contribution < 1.29 is 9.32 Å². The van der Waals surface area contributed by atoms with Crippen LogP contribution >= 0.6 is 12.4 Å². The quantitative estimate of drug-likeness (QED) is 0.901. The zero-order chi connectivity index (χ0) is 14.7. The zero-order valence-electron chi connectivity index (χ0n) is 12.4. The minimum Gasteiger partial charge on any atom is -0.385 e. The number of hydrogen-bond donors (Lipinski definition) is 2. The average molecular weight is 323 g/mol. The number of aromatic nitrogens is 2. The van der Waals surface area contributed by atoms with Crippen LogP contribution in [0.1, 0.15) is 34.1 Å². The van der Waals surface area contributed by atoms with Gasteiger partial charge in [-0.3, -0.25) is 4.79 Å². The van der Waals surface area contributed by atoms with Gasteiger partial charge in [0.1, 0.15) is 0 Å². The van der Waals surface area contributed by atoms with Crippen molar-refractivity contribution in [1.82, 2.24) is 15.5 Å². The molecule has 1 aliphatic rings. The molecule has 0 saturated carbocycles. The summed E-state index contributed by atoms with van der Waals surface area (Å²) in [6, 6.07) is 5.80. The minimum atomic E-state index is -0.0493. The van der Waals surface area contributed by atoms with Gasteiger partial charge >= 0.3 is 0 Å². The Hall–Kier alpha value is -2.08. The molecule has 0 bridgehead atoms. The number of benzene rings is 1. The highest BCUT2D eigenvalue weighted by atomic mass is 35.5. The summed E-state index contributed by atoms with van der Waals surface area (Å²) >= 11 is 0. The number of nitrogens with one attached hydrogen (secondary N) is 2. The number of rotatable bonds is 4. The highest BCUT2D eigenvalue weighted by Crippen LogP contribution is 2.25. The fourth-order valence-corrected chi connectivity index (χ4v) is 2.54. The molecule has 22 heavy (non-hydrogen) atoms. The monoisotopic (exact) mass is 322 g/mol. The van der Waals surface area contributed by atoms with Crippen LogP contribution in [0.5, 0.6) is 0 Å². The fourth-order valence-electron chi connectivity index (χ4n) is 2.54. The lowest BCUT2D eigenvalue weighted by Gasteiger charge is -2.20. The Kier molecular flexibility index (Phi) is 5.38. The Morgan fingerprint density at radius 1 is 1.45 bits per heavy atom. The summed E-state index contributed by atoms with van der Waals surface area (Å²) in [5, 5.41) is 9.96. The smallest absolute Gasteiger partial charge is 0.251 e. The van der Waals surface area contributed by atoms with E-state index in [0.717, 1.165) is 36.2 Å². The highest BCUT2D eigenvalue weighted by molar-refractivity contribution is 5.97. The molecule has 3 rings (SSSR count). The van der Waals surface area contributed by atoms with Crippen LogP contribution in [-0.2, 0) is 12.8 Å². The van der Waals surface area contributed by atoms with Crippen LogP contribution in [-0.4, -0.2) is 29.1 Å². The average Bonchev–Trinajstić information content (AvgIpc) is 2.92. The second-order valence-corrected chi connectivity index (χ2v) is 5.10. The van der Waals surface area contributed by atoms with Gasteiger partial charge in [0, 0.05) is 30.8 Å². The number of amides is 1. The van der Waals surface area contributed by atoms with Gasteiger partial charge in [-0.15, -0.1) is 12.4 Å². The first kappa shape index (κ1) is 16.3. The number of fused-ring (bicyclic) bond motifs is 1. The Morgan fingerprint density at radius 2 is 2.32 bits per heavy atom. The second-order valence-electron chi connectivity index (χ2n) is 5.10. The molecule has 0 radical (unpaired) electrons. The van der Waals surface area contributed by atoms with Crippen LogP contribution < -0.4 is 10.6 Å². The summed E-state index contributed by atoms with van der Waals surface area (Å²) in [6.45, 7) is 3.22. The molecule has 0 aliphatic carbocycles. The number of carbonyl (C=O) groups excluding carboxylic acids is 1. The summed E-state index contributed by atoms with van der Waals surface area (Å²) in [7, 11) is 0. The molecule has 2 aromatic rings. The van der Waals surface area contributed by atoms with E-state index < -0.39 is 0 Å². The van der Waals surface area contributed by atoms with E-state index in [0.29, 0.717) is 24.7 Å². The van der Waals surface area contributed by atoms with Gasteiger partial charge in [-0.25, -0.2) is 0 Å².